The average molecular weight is 509 g/mol. The number of imide groups is 1. The lowest BCUT2D eigenvalue weighted by Gasteiger charge is -2.33. The van der Waals surface area contributed by atoms with Gasteiger partial charge in [-0.05, 0) is 43.8 Å². The second-order valence-corrected chi connectivity index (χ2v) is 9.43. The second kappa shape index (κ2) is 8.44. The first-order valence-electron chi connectivity index (χ1n) is 12.0. The Labute approximate surface area is 211 Å². The number of carbonyl (C=O) groups is 3. The summed E-state index contributed by atoms with van der Waals surface area (Å²) in [5, 5.41) is 4.75. The van der Waals surface area contributed by atoms with Gasteiger partial charge in [-0.25, -0.2) is 14.2 Å². The lowest BCUT2D eigenvalue weighted by molar-refractivity contribution is -0.131. The first-order chi connectivity index (χ1) is 17.8. The van der Waals surface area contributed by atoms with Gasteiger partial charge >= 0.3 is 6.03 Å². The van der Waals surface area contributed by atoms with Crippen molar-refractivity contribution < 1.29 is 27.9 Å². The summed E-state index contributed by atoms with van der Waals surface area (Å²) in [5.41, 5.74) is -1.01. The van der Waals surface area contributed by atoms with Gasteiger partial charge in [-0.3, -0.25) is 19.8 Å². The largest absolute Gasteiger partial charge is 0.494 e. The maximum absolute atomic E-state index is 15.0. The summed E-state index contributed by atoms with van der Waals surface area (Å²) in [6.07, 6.45) is 1.00. The van der Waals surface area contributed by atoms with Gasteiger partial charge in [-0.1, -0.05) is 6.07 Å². The van der Waals surface area contributed by atoms with Crippen LogP contribution < -0.4 is 20.3 Å². The van der Waals surface area contributed by atoms with Crippen molar-refractivity contribution in [1.82, 2.24) is 25.4 Å². The second-order valence-electron chi connectivity index (χ2n) is 9.43. The molecule has 5 heterocycles. The number of urea groups is 1. The van der Waals surface area contributed by atoms with E-state index >= 15 is 4.39 Å². The van der Waals surface area contributed by atoms with Crippen molar-refractivity contribution in [2.24, 2.45) is 0 Å². The number of amides is 4. The number of aromatic nitrogens is 1. The van der Waals surface area contributed by atoms with E-state index < -0.39 is 29.3 Å². The highest BCUT2D eigenvalue weighted by Gasteiger charge is 2.59. The van der Waals surface area contributed by atoms with Crippen LogP contribution in [0.2, 0.25) is 0 Å². The minimum Gasteiger partial charge on any atom is -0.494 e. The number of fused-ring (bicyclic) bond motifs is 2. The lowest BCUT2D eigenvalue weighted by atomic mass is 10.1. The number of pyridine rings is 1. The molecule has 1 aromatic carbocycles. The van der Waals surface area contributed by atoms with Crippen molar-refractivity contribution in [3.63, 3.8) is 0 Å². The summed E-state index contributed by atoms with van der Waals surface area (Å²) in [5.74, 6) is -1.73. The summed E-state index contributed by atoms with van der Waals surface area (Å²) >= 11 is 0. The third-order valence-electron chi connectivity index (χ3n) is 7.21. The van der Waals surface area contributed by atoms with Crippen molar-refractivity contribution in [1.29, 1.82) is 0 Å². The number of halogens is 1. The molecule has 3 aromatic rings. The van der Waals surface area contributed by atoms with E-state index in [9.17, 15) is 14.4 Å². The Morgan fingerprint density at radius 3 is 2.70 bits per heavy atom. The number of furan rings is 1. The molecule has 2 aromatic heterocycles. The van der Waals surface area contributed by atoms with Crippen LogP contribution in [0, 0.1) is 5.82 Å². The molecule has 0 spiro atoms. The van der Waals surface area contributed by atoms with E-state index in [1.54, 1.807) is 18.2 Å². The molecule has 0 saturated carbocycles. The van der Waals surface area contributed by atoms with Crippen molar-refractivity contribution in [2.75, 3.05) is 45.2 Å². The van der Waals surface area contributed by atoms with Crippen LogP contribution in [0.15, 0.2) is 34.7 Å². The number of anilines is 1. The highest BCUT2D eigenvalue weighted by atomic mass is 19.1. The molecule has 2 saturated heterocycles. The van der Waals surface area contributed by atoms with Gasteiger partial charge in [0.2, 0.25) is 0 Å². The highest BCUT2D eigenvalue weighted by Crippen LogP contribution is 2.40. The number of ether oxygens (including phenoxy) is 1. The lowest BCUT2D eigenvalue weighted by Crippen LogP contribution is -2.57. The summed E-state index contributed by atoms with van der Waals surface area (Å²) in [6, 6.07) is 7.32. The van der Waals surface area contributed by atoms with E-state index in [0.29, 0.717) is 16.7 Å². The van der Waals surface area contributed by atoms with Gasteiger partial charge in [0.25, 0.3) is 17.5 Å². The topological polar surface area (TPSA) is 120 Å². The fourth-order valence-electron chi connectivity index (χ4n) is 5.25. The van der Waals surface area contributed by atoms with E-state index in [0.717, 1.165) is 43.3 Å². The molecule has 2 fully saturated rings. The zero-order valence-electron chi connectivity index (χ0n) is 20.3. The molecule has 0 bridgehead atoms. The number of rotatable bonds is 4. The number of benzene rings is 1. The number of nitrogens with one attached hydrogen (secondary N) is 2. The van der Waals surface area contributed by atoms with Gasteiger partial charge in [0.1, 0.15) is 11.3 Å². The molecule has 2 N–H and O–H groups in total. The third-order valence-corrected chi connectivity index (χ3v) is 7.21. The molecule has 6 rings (SSSR count). The first kappa shape index (κ1) is 23.2. The molecule has 192 valence electrons. The van der Waals surface area contributed by atoms with E-state index in [1.807, 2.05) is 6.07 Å². The van der Waals surface area contributed by atoms with Gasteiger partial charge in [-0.15, -0.1) is 0 Å². The predicted molar refractivity (Wildman–Crippen MR) is 130 cm³/mol. The van der Waals surface area contributed by atoms with Crippen LogP contribution in [0.1, 0.15) is 28.1 Å². The maximum Gasteiger partial charge on any atom is 0.324 e. The van der Waals surface area contributed by atoms with E-state index in [4.69, 9.17) is 14.1 Å². The molecule has 12 heteroatoms. The van der Waals surface area contributed by atoms with Gasteiger partial charge in [0.05, 0.1) is 19.2 Å². The Kier molecular flexibility index (Phi) is 5.30. The van der Waals surface area contributed by atoms with Crippen LogP contribution in [0.3, 0.4) is 0 Å². The van der Waals surface area contributed by atoms with Crippen LogP contribution in [0.4, 0.5) is 15.0 Å². The molecular formula is C25H25FN6O5. The van der Waals surface area contributed by atoms with Crippen LogP contribution >= 0.6 is 0 Å². The first-order valence-corrected chi connectivity index (χ1v) is 12.0. The summed E-state index contributed by atoms with van der Waals surface area (Å²) < 4.78 is 26.1. The Hall–Kier alpha value is -4.19. The monoisotopic (exact) mass is 508 g/mol. The number of hydrogen-bond donors (Lipinski definition) is 2. The van der Waals surface area contributed by atoms with E-state index in [1.165, 1.54) is 13.2 Å². The predicted octanol–water partition coefficient (Wildman–Crippen LogP) is 1.77. The number of carbonyl (C=O) groups excluding carboxylic acids is 3. The van der Waals surface area contributed by atoms with Crippen LogP contribution in [-0.2, 0) is 17.0 Å². The normalized spacial score (nSPS) is 22.3. The molecule has 11 nitrogen and oxygen atoms in total. The van der Waals surface area contributed by atoms with Crippen molar-refractivity contribution >= 4 is 34.8 Å². The number of likely N-dealkylation sites (N-methyl/N-ethyl adjacent to an activating group) is 1. The number of methoxy groups -OCH3 is 1. The zero-order valence-corrected chi connectivity index (χ0v) is 20.3. The Balaban J connectivity index is 1.42. The minimum absolute atomic E-state index is 0.000344. The Bertz CT molecular complexity index is 1460. The van der Waals surface area contributed by atoms with Gasteiger partial charge < -0.3 is 24.3 Å². The van der Waals surface area contributed by atoms with Gasteiger partial charge in [0, 0.05) is 25.7 Å². The average Bonchev–Trinajstić information content (AvgIpc) is 3.49. The molecule has 0 unspecified atom stereocenters. The van der Waals surface area contributed by atoms with Crippen LogP contribution in [0.25, 0.3) is 11.1 Å². The van der Waals surface area contributed by atoms with Gasteiger partial charge in [-0.2, -0.15) is 0 Å². The number of hydrogen-bond acceptors (Lipinski definition) is 8. The molecule has 3 aliphatic rings. The smallest absolute Gasteiger partial charge is 0.324 e. The Morgan fingerprint density at radius 1 is 1.11 bits per heavy atom. The fraction of sp³-hybridized carbons (Fsp3) is 0.360. The summed E-state index contributed by atoms with van der Waals surface area (Å²) in [6.45, 7) is 3.46. The minimum atomic E-state index is -2.01. The molecule has 4 amide bonds. The number of nitrogens with zero attached hydrogens (tertiary/aromatic N) is 4. The van der Waals surface area contributed by atoms with Crippen LogP contribution in [-0.4, -0.2) is 73.0 Å². The molecular weight excluding hydrogens is 483 g/mol. The Morgan fingerprint density at radius 2 is 1.95 bits per heavy atom. The molecule has 0 radical (unpaired) electrons. The van der Waals surface area contributed by atoms with E-state index in [-0.39, 0.29) is 23.6 Å². The summed E-state index contributed by atoms with van der Waals surface area (Å²) in [7, 11) is 3.39. The maximum atomic E-state index is 15.0. The quantitative estimate of drug-likeness (QED) is 0.512. The zero-order chi connectivity index (χ0) is 25.9. The SMILES string of the molecule is COc1ccc2c(c1F)C(=O)N([C@@]1(c3cc4nc(N5CCCN(C)CC5)ccc4o3)NC(=O)NC1=O)C2. The molecule has 3 aliphatic heterocycles. The third kappa shape index (κ3) is 3.50. The highest BCUT2D eigenvalue weighted by molar-refractivity contribution is 6.11. The summed E-state index contributed by atoms with van der Waals surface area (Å²) in [4.78, 5) is 49.4. The van der Waals surface area contributed by atoms with Crippen molar-refractivity contribution in [3.8, 4) is 5.75 Å². The fourth-order valence-corrected chi connectivity index (χ4v) is 5.25. The van der Waals surface area contributed by atoms with Gasteiger partial charge in [0.15, 0.2) is 22.9 Å². The molecule has 1 atom stereocenters. The molecule has 0 aliphatic carbocycles. The van der Waals surface area contributed by atoms with E-state index in [2.05, 4.69) is 27.5 Å². The standard InChI is InChI=1S/C25H25FN6O5/c1-30-8-3-9-31(11-10-30)19-7-6-16-15(27-19)12-18(37-16)25(23(34)28-24(35)29-25)32-13-14-4-5-17(36-2)21(26)20(14)22(32)33/h4-7,12H,3,8-11,13H2,1-2H3,(H2,28,29,34,35)/t25-/m1/s1. The molecule has 37 heavy (non-hydrogen) atoms. The van der Waals surface area contributed by atoms with Crippen molar-refractivity contribution in [2.45, 2.75) is 18.6 Å². The van der Waals surface area contributed by atoms with Crippen molar-refractivity contribution in [3.05, 3.63) is 53.0 Å². The van der Waals surface area contributed by atoms with Crippen LogP contribution in [0.5, 0.6) is 5.75 Å².